The molecule has 1 atom stereocenters. The largest absolute Gasteiger partial charge is 0.371 e. The highest BCUT2D eigenvalue weighted by atomic mass is 32.1. The minimum atomic E-state index is -0.141. The highest BCUT2D eigenvalue weighted by Gasteiger charge is 2.32. The summed E-state index contributed by atoms with van der Waals surface area (Å²) in [5, 5.41) is 28.4. The lowest BCUT2D eigenvalue weighted by Crippen LogP contribution is -2.25. The van der Waals surface area contributed by atoms with Crippen molar-refractivity contribution in [3.8, 4) is 51.0 Å². The molecule has 9 nitrogen and oxygen atoms in total. The molecule has 0 saturated heterocycles. The Bertz CT molecular complexity index is 9800. The molecule has 7 aromatic heterocycles. The van der Waals surface area contributed by atoms with E-state index in [0.717, 1.165) is 101 Å². The van der Waals surface area contributed by atoms with Crippen LogP contribution in [0.5, 0.6) is 0 Å². The fraction of sp³-hybridized carbons (Fsp3) is 0.00820. The first-order chi connectivity index (χ1) is 65.5. The van der Waals surface area contributed by atoms with Crippen molar-refractivity contribution in [3.05, 3.63) is 454 Å². The summed E-state index contributed by atoms with van der Waals surface area (Å²) in [6, 6.07) is 161. The van der Waals surface area contributed by atoms with E-state index in [4.69, 9.17) is 15.0 Å². The molecule has 28 aromatic rings. The Labute approximate surface area is 760 Å². The van der Waals surface area contributed by atoms with Crippen molar-refractivity contribution in [3.63, 3.8) is 0 Å². The Morgan fingerprint density at radius 3 is 1.25 bits per heavy atom. The molecule has 21 aromatic carbocycles. The van der Waals surface area contributed by atoms with Gasteiger partial charge in [0.2, 0.25) is 0 Å². The van der Waals surface area contributed by atoms with Crippen molar-refractivity contribution < 1.29 is 0 Å². The van der Waals surface area contributed by atoms with Crippen molar-refractivity contribution in [2.75, 3.05) is 5.32 Å². The molecular weight excluding hydrogens is 1620 g/mol. The number of benzene rings is 21. The van der Waals surface area contributed by atoms with E-state index in [1.54, 1.807) is 0 Å². The van der Waals surface area contributed by atoms with Crippen LogP contribution in [0.3, 0.4) is 0 Å². The van der Waals surface area contributed by atoms with Crippen molar-refractivity contribution >= 4 is 212 Å². The fourth-order valence-electron chi connectivity index (χ4n) is 22.0. The van der Waals surface area contributed by atoms with Gasteiger partial charge in [0.25, 0.3) is 0 Å². The van der Waals surface area contributed by atoms with Crippen LogP contribution in [0.4, 0.5) is 11.4 Å². The maximum absolute atomic E-state index is 5.51. The second kappa shape index (κ2) is 29.1. The predicted molar refractivity (Wildman–Crippen MR) is 557 cm³/mol. The highest BCUT2D eigenvalue weighted by molar-refractivity contribution is 7.25. The summed E-state index contributed by atoms with van der Waals surface area (Å²) >= 11 is 1.85. The molecule has 1 aliphatic rings. The lowest BCUT2D eigenvalue weighted by atomic mass is 9.91. The first kappa shape index (κ1) is 73.8. The van der Waals surface area contributed by atoms with Crippen LogP contribution >= 0.6 is 11.3 Å². The third-order valence-electron chi connectivity index (χ3n) is 27.6. The first-order valence-electron chi connectivity index (χ1n) is 45.2. The number of anilines is 1. The lowest BCUT2D eigenvalue weighted by molar-refractivity contribution is 1.03. The Kier molecular flexibility index (Phi) is 16.3. The van der Waals surface area contributed by atoms with Gasteiger partial charge in [0.05, 0.1) is 112 Å². The topological polar surface area (TPSA) is 74.8 Å². The Balaban J connectivity index is 0.000000133. The molecule has 0 spiro atoms. The van der Waals surface area contributed by atoms with Gasteiger partial charge < -0.3 is 28.2 Å². The van der Waals surface area contributed by atoms with Crippen LogP contribution in [0.25, 0.3) is 234 Å². The molecule has 1 N–H and O–H groups in total. The van der Waals surface area contributed by atoms with E-state index in [2.05, 4.69) is 459 Å². The Morgan fingerprint density at radius 1 is 0.235 bits per heavy atom. The van der Waals surface area contributed by atoms with Crippen LogP contribution in [-0.2, 0) is 0 Å². The second-order valence-electron chi connectivity index (χ2n) is 34.8. The Morgan fingerprint density at radius 2 is 0.652 bits per heavy atom. The smallest absolute Gasteiger partial charge is 0.0980 e. The first-order valence-corrected chi connectivity index (χ1v) is 46.0. The van der Waals surface area contributed by atoms with E-state index in [-0.39, 0.29) is 6.04 Å². The van der Waals surface area contributed by atoms with Crippen molar-refractivity contribution in [2.24, 2.45) is 4.99 Å². The van der Waals surface area contributed by atoms with Crippen molar-refractivity contribution in [1.82, 2.24) is 32.8 Å². The molecular formula is C122H75N9S. The van der Waals surface area contributed by atoms with E-state index in [1.165, 1.54) is 162 Å². The summed E-state index contributed by atoms with van der Waals surface area (Å²) in [7, 11) is 0. The van der Waals surface area contributed by atoms with Gasteiger partial charge in [0.1, 0.15) is 0 Å². The van der Waals surface area contributed by atoms with Gasteiger partial charge in [-0.15, -0.1) is 11.3 Å². The third kappa shape index (κ3) is 11.2. The number of nitrogens with one attached hydrogen (secondary N) is 1. The summed E-state index contributed by atoms with van der Waals surface area (Å²) in [6.45, 7) is 0. The fourth-order valence-corrected chi connectivity index (χ4v) is 23.1. The van der Waals surface area contributed by atoms with Gasteiger partial charge in [-0.3, -0.25) is 0 Å². The minimum Gasteiger partial charge on any atom is -0.371 e. The van der Waals surface area contributed by atoms with Gasteiger partial charge in [-0.05, 0) is 189 Å². The van der Waals surface area contributed by atoms with E-state index in [9.17, 15) is 0 Å². The van der Waals surface area contributed by atoms with Crippen LogP contribution in [0, 0.1) is 0 Å². The minimum absolute atomic E-state index is 0.141. The normalized spacial score (nSPS) is 13.0. The van der Waals surface area contributed by atoms with E-state index >= 15 is 0 Å². The summed E-state index contributed by atoms with van der Waals surface area (Å²) in [4.78, 5) is 16.4. The quantitative estimate of drug-likeness (QED) is 0.156. The number of aliphatic imine (C=N–C) groups is 1. The molecule has 0 radical (unpaired) electrons. The highest BCUT2D eigenvalue weighted by Crippen LogP contribution is 2.51. The second-order valence-corrected chi connectivity index (χ2v) is 35.9. The molecule has 1 aliphatic heterocycles. The zero-order valence-electron chi connectivity index (χ0n) is 71.2. The van der Waals surface area contributed by atoms with Gasteiger partial charge >= 0.3 is 0 Å². The molecule has 0 bridgehead atoms. The summed E-state index contributed by atoms with van der Waals surface area (Å²) in [5.74, 6) is 0. The molecule has 0 fully saturated rings. The van der Waals surface area contributed by atoms with Gasteiger partial charge in [-0.2, -0.15) is 0 Å². The monoisotopic (exact) mass is 1700 g/mol. The van der Waals surface area contributed by atoms with E-state index in [1.807, 2.05) is 23.5 Å². The SMILES string of the molecule is c1ccc(-n2c3ccccc3c3c(-c4nc5ccccc5nc4-c4cccc(-n5c6ccccc6c6c(-n7c8ccccc8c8cc9ccccc9cc87)c7ccccc7cc65)c4)cccc32)cc1.c1ccc2c(c1)N=C(c1ccc(-n3c4ccccc4c4c(-n5c6ccccc6c6cc7ccccc7cc65)c5ccccc5cc43)cc1)C(c1cccc3sc4ccccc4c13)N2. The number of hydrogen-bond acceptors (Lipinski definition) is 5. The molecule has 0 saturated carbocycles. The van der Waals surface area contributed by atoms with Crippen LogP contribution in [0.1, 0.15) is 17.2 Å². The maximum atomic E-state index is 5.51. The molecule has 132 heavy (non-hydrogen) atoms. The molecule has 0 amide bonds. The lowest BCUT2D eigenvalue weighted by Gasteiger charge is -2.28. The number of thiophene rings is 1. The number of aromatic nitrogens is 7. The maximum Gasteiger partial charge on any atom is 0.0980 e. The molecule has 10 heteroatoms. The third-order valence-corrected chi connectivity index (χ3v) is 28.8. The number of nitrogens with zero attached hydrogens (tertiary/aromatic N) is 8. The zero-order valence-corrected chi connectivity index (χ0v) is 72.0. The van der Waals surface area contributed by atoms with Crippen molar-refractivity contribution in [2.45, 2.75) is 6.04 Å². The zero-order chi connectivity index (χ0) is 86.3. The van der Waals surface area contributed by atoms with E-state index in [0.29, 0.717) is 0 Å². The molecule has 614 valence electrons. The summed E-state index contributed by atoms with van der Waals surface area (Å²) < 4.78 is 14.9. The summed E-state index contributed by atoms with van der Waals surface area (Å²) in [5.41, 5.74) is 28.1. The number of fused-ring (bicyclic) bond motifs is 24. The molecule has 0 aliphatic carbocycles. The summed E-state index contributed by atoms with van der Waals surface area (Å²) in [6.07, 6.45) is 0. The number of hydrogen-bond donors (Lipinski definition) is 1. The van der Waals surface area contributed by atoms with Crippen LogP contribution in [0.15, 0.2) is 448 Å². The average molecular weight is 1700 g/mol. The average Bonchev–Trinajstić information content (AvgIpc) is 1.54. The number of para-hydroxylation sites is 10. The Hall–Kier alpha value is -17.3. The van der Waals surface area contributed by atoms with E-state index < -0.39 is 0 Å². The van der Waals surface area contributed by atoms with Gasteiger partial charge in [0.15, 0.2) is 0 Å². The van der Waals surface area contributed by atoms with Gasteiger partial charge in [0, 0.05) is 113 Å². The van der Waals surface area contributed by atoms with Gasteiger partial charge in [-0.1, -0.05) is 297 Å². The van der Waals surface area contributed by atoms with Crippen molar-refractivity contribution in [1.29, 1.82) is 0 Å². The van der Waals surface area contributed by atoms with Gasteiger partial charge in [-0.25, -0.2) is 15.0 Å². The molecule has 1 unspecified atom stereocenters. The standard InChI is InChI=1S/C64H39N5.C58H36N4S/c1-2-22-44(23-3-1)67-55-33-14-9-27-48(55)60-50(29-17-35-57(60)67)63-62(65-52-30-11-12-31-53(52)66-63)43-21-16-24-45(36-43)68-56-34-15-10-28-49(56)61-59(68)39-42-20-6-7-25-46(42)64(61)69-54-32-13-8-26-47(54)51-37-40-18-4-5-19-41(40)38-58(51)69;1-2-15-37-33-50-45(32-36(37)14-1)41-18-5-10-24-48(41)62(50)58-40-17-4-3-16-38(40)34-51-55(58)42-19-6-11-25-49(42)61(51)39-30-28-35(29-31-39)56-57(60-47-23-9-8-22-46(47)59-56)44-21-13-27-53-54(44)43-20-7-12-26-52(43)63-53/h1-39H;1-34,57,60H. The van der Waals surface area contributed by atoms with Crippen LogP contribution < -0.4 is 5.32 Å². The number of rotatable bonds is 9. The predicted octanol–water partition coefficient (Wildman–Crippen LogP) is 32.4. The molecule has 8 heterocycles. The van der Waals surface area contributed by atoms with Crippen LogP contribution in [-0.4, -0.2) is 38.5 Å². The molecule has 29 rings (SSSR count). The van der Waals surface area contributed by atoms with Crippen LogP contribution in [0.2, 0.25) is 0 Å².